The third-order valence-electron chi connectivity index (χ3n) is 6.31. The number of fused-ring (bicyclic) bond motifs is 1. The largest absolute Gasteiger partial charge is 0.507 e. The van der Waals surface area contributed by atoms with Crippen molar-refractivity contribution in [3.8, 4) is 23.0 Å². The van der Waals surface area contributed by atoms with E-state index in [1.54, 1.807) is 21.3 Å². The maximum absolute atomic E-state index is 11.1. The monoisotopic (exact) mass is 513 g/mol. The summed E-state index contributed by atoms with van der Waals surface area (Å²) < 4.78 is 16.3. The highest BCUT2D eigenvalue weighted by atomic mass is 32.1. The van der Waals surface area contributed by atoms with Crippen LogP contribution in [0.2, 0.25) is 0 Å². The highest BCUT2D eigenvalue weighted by Crippen LogP contribution is 2.39. The van der Waals surface area contributed by atoms with Crippen LogP contribution in [-0.4, -0.2) is 36.6 Å². The molecule has 1 atom stereocenters. The fraction of sp³-hybridized carbons (Fsp3) is 0.138. The van der Waals surface area contributed by atoms with Gasteiger partial charge in [0.2, 0.25) is 0 Å². The summed E-state index contributed by atoms with van der Waals surface area (Å²) in [7, 11) is 4.87. The number of hydrogen-bond donors (Lipinski definition) is 3. The van der Waals surface area contributed by atoms with Crippen molar-refractivity contribution in [2.24, 2.45) is 0 Å². The number of phenols is 1. The molecule has 3 N–H and O–H groups in total. The lowest BCUT2D eigenvalue weighted by atomic mass is 10.0. The highest BCUT2D eigenvalue weighted by molar-refractivity contribution is 7.80. The van der Waals surface area contributed by atoms with Crippen LogP contribution in [0.1, 0.15) is 17.2 Å². The molecular formula is C29H27N3O4S. The molecule has 0 aliphatic carbocycles. The summed E-state index contributed by atoms with van der Waals surface area (Å²) in [5, 5.41) is 18.5. The molecule has 0 amide bonds. The van der Waals surface area contributed by atoms with Crippen LogP contribution in [0.15, 0.2) is 84.9 Å². The van der Waals surface area contributed by atoms with E-state index in [1.165, 1.54) is 0 Å². The van der Waals surface area contributed by atoms with Gasteiger partial charge in [0.05, 0.1) is 33.1 Å². The topological polar surface area (TPSA) is 75.2 Å². The van der Waals surface area contributed by atoms with Crippen LogP contribution in [-0.2, 0) is 0 Å². The molecule has 1 heterocycles. The smallest absolute Gasteiger partial charge is 0.193 e. The lowest BCUT2D eigenvalue weighted by molar-refractivity contribution is 0.343. The van der Waals surface area contributed by atoms with Crippen LogP contribution in [0.3, 0.4) is 0 Å². The lowest BCUT2D eigenvalue weighted by Crippen LogP contribution is -2.42. The van der Waals surface area contributed by atoms with Gasteiger partial charge in [-0.2, -0.15) is 0 Å². The zero-order chi connectivity index (χ0) is 25.9. The van der Waals surface area contributed by atoms with E-state index in [2.05, 4.69) is 10.7 Å². The molecule has 0 fully saturated rings. The van der Waals surface area contributed by atoms with E-state index in [9.17, 15) is 5.11 Å². The predicted molar refractivity (Wildman–Crippen MR) is 150 cm³/mol. The van der Waals surface area contributed by atoms with Gasteiger partial charge in [0, 0.05) is 22.7 Å². The second-order valence-corrected chi connectivity index (χ2v) is 8.88. The van der Waals surface area contributed by atoms with Crippen molar-refractivity contribution >= 4 is 39.5 Å². The Kier molecular flexibility index (Phi) is 6.74. The van der Waals surface area contributed by atoms with Crippen molar-refractivity contribution in [1.82, 2.24) is 10.4 Å². The van der Waals surface area contributed by atoms with Crippen LogP contribution in [0.25, 0.3) is 16.5 Å². The minimum absolute atomic E-state index is 0.203. The number of rotatable bonds is 6. The first-order chi connectivity index (χ1) is 18.0. The van der Waals surface area contributed by atoms with E-state index in [1.807, 2.05) is 89.9 Å². The number of ether oxygens (including phenoxy) is 3. The molecule has 1 aliphatic heterocycles. The first-order valence-corrected chi connectivity index (χ1v) is 12.1. The SMILES string of the molecule is COc1ccc(NC(=S)N2NC(c3ccc4ccccc4c3O)=CC2c2cc(OC)cc(OC)c2)cc1. The molecule has 188 valence electrons. The third-order valence-corrected chi connectivity index (χ3v) is 6.61. The predicted octanol–water partition coefficient (Wildman–Crippen LogP) is 5.87. The molecule has 1 unspecified atom stereocenters. The number of hydrazine groups is 1. The fourth-order valence-corrected chi connectivity index (χ4v) is 4.65. The molecule has 0 radical (unpaired) electrons. The molecule has 4 aromatic rings. The van der Waals surface area contributed by atoms with Gasteiger partial charge < -0.3 is 24.6 Å². The Bertz CT molecular complexity index is 1460. The second kappa shape index (κ2) is 10.3. The molecule has 37 heavy (non-hydrogen) atoms. The van der Waals surface area contributed by atoms with Crippen LogP contribution < -0.4 is 25.0 Å². The molecule has 1 aliphatic rings. The summed E-state index contributed by atoms with van der Waals surface area (Å²) in [4.78, 5) is 0. The summed E-state index contributed by atoms with van der Waals surface area (Å²) in [6.45, 7) is 0. The van der Waals surface area contributed by atoms with Crippen LogP contribution in [0.4, 0.5) is 5.69 Å². The molecule has 0 saturated carbocycles. The Labute approximate surface area is 220 Å². The summed E-state index contributed by atoms with van der Waals surface area (Å²) in [5.74, 6) is 2.29. The van der Waals surface area contributed by atoms with Gasteiger partial charge in [-0.1, -0.05) is 30.3 Å². The molecule has 4 aromatic carbocycles. The zero-order valence-electron chi connectivity index (χ0n) is 20.7. The van der Waals surface area contributed by atoms with Crippen LogP contribution in [0.5, 0.6) is 23.0 Å². The number of thiocarbonyl (C=S) groups is 1. The Morgan fingerprint density at radius 3 is 2.22 bits per heavy atom. The van der Waals surface area contributed by atoms with E-state index < -0.39 is 0 Å². The van der Waals surface area contributed by atoms with Crippen molar-refractivity contribution in [3.63, 3.8) is 0 Å². The average Bonchev–Trinajstić information content (AvgIpc) is 3.39. The molecule has 8 heteroatoms. The molecule has 5 rings (SSSR count). The minimum atomic E-state index is -0.317. The van der Waals surface area contributed by atoms with Crippen molar-refractivity contribution in [1.29, 1.82) is 0 Å². The normalized spacial score (nSPS) is 14.6. The van der Waals surface area contributed by atoms with Gasteiger partial charge in [-0.25, -0.2) is 0 Å². The van der Waals surface area contributed by atoms with Crippen molar-refractivity contribution in [2.45, 2.75) is 6.04 Å². The summed E-state index contributed by atoms with van der Waals surface area (Å²) in [6.07, 6.45) is 2.03. The van der Waals surface area contributed by atoms with E-state index in [-0.39, 0.29) is 11.8 Å². The molecule has 7 nitrogen and oxygen atoms in total. The van der Waals surface area contributed by atoms with E-state index >= 15 is 0 Å². The van der Waals surface area contributed by atoms with E-state index in [0.29, 0.717) is 22.2 Å². The number of anilines is 1. The van der Waals surface area contributed by atoms with Crippen molar-refractivity contribution in [3.05, 3.63) is 96.1 Å². The van der Waals surface area contributed by atoms with E-state index in [4.69, 9.17) is 26.4 Å². The van der Waals surface area contributed by atoms with Crippen LogP contribution in [0, 0.1) is 0 Å². The van der Waals surface area contributed by atoms with Crippen molar-refractivity contribution in [2.75, 3.05) is 26.6 Å². The molecule has 0 bridgehead atoms. The standard InChI is InChI=1S/C29H27N3O4S/c1-34-21-11-9-20(10-12-21)30-29(37)32-27(19-14-22(35-2)16-23(15-19)36-3)17-26(31-32)25-13-8-18-6-4-5-7-24(18)28(25)33/h4-17,27,31,33H,1-3H3,(H,30,37). The zero-order valence-corrected chi connectivity index (χ0v) is 21.5. The first-order valence-electron chi connectivity index (χ1n) is 11.7. The molecule has 0 aromatic heterocycles. The van der Waals surface area contributed by atoms with Gasteiger partial charge in [-0.15, -0.1) is 0 Å². The highest BCUT2D eigenvalue weighted by Gasteiger charge is 2.31. The number of methoxy groups -OCH3 is 3. The van der Waals surface area contributed by atoms with Gasteiger partial charge in [0.15, 0.2) is 5.11 Å². The van der Waals surface area contributed by atoms with Gasteiger partial charge in [-0.05, 0) is 71.7 Å². The number of aromatic hydroxyl groups is 1. The van der Waals surface area contributed by atoms with Gasteiger partial charge >= 0.3 is 0 Å². The Balaban J connectivity index is 1.54. The summed E-state index contributed by atoms with van der Waals surface area (Å²) >= 11 is 5.83. The van der Waals surface area contributed by atoms with Crippen molar-refractivity contribution < 1.29 is 19.3 Å². The number of phenolic OH excluding ortho intramolecular Hbond substituents is 1. The summed E-state index contributed by atoms with van der Waals surface area (Å²) in [6, 6.07) is 24.6. The number of nitrogens with one attached hydrogen (secondary N) is 2. The molecule has 0 saturated heterocycles. The Hall–Kier alpha value is -4.43. The third kappa shape index (κ3) is 4.83. The summed E-state index contributed by atoms with van der Waals surface area (Å²) in [5.41, 5.74) is 6.53. The average molecular weight is 514 g/mol. The quantitative estimate of drug-likeness (QED) is 0.277. The van der Waals surface area contributed by atoms with Crippen LogP contribution >= 0.6 is 12.2 Å². The second-order valence-electron chi connectivity index (χ2n) is 8.49. The lowest BCUT2D eigenvalue weighted by Gasteiger charge is -2.28. The minimum Gasteiger partial charge on any atom is -0.507 e. The first kappa shape index (κ1) is 24.3. The molecular weight excluding hydrogens is 486 g/mol. The van der Waals surface area contributed by atoms with E-state index in [0.717, 1.165) is 33.5 Å². The van der Waals surface area contributed by atoms with Gasteiger partial charge in [0.1, 0.15) is 23.0 Å². The maximum Gasteiger partial charge on any atom is 0.193 e. The maximum atomic E-state index is 11.1. The molecule has 0 spiro atoms. The Morgan fingerprint density at radius 2 is 1.54 bits per heavy atom. The number of hydrogen-bond acceptors (Lipinski definition) is 6. The Morgan fingerprint density at radius 1 is 0.865 bits per heavy atom. The van der Waals surface area contributed by atoms with Gasteiger partial charge in [0.25, 0.3) is 0 Å². The number of benzene rings is 4. The number of nitrogens with zero attached hydrogens (tertiary/aromatic N) is 1. The van der Waals surface area contributed by atoms with Gasteiger partial charge in [-0.3, -0.25) is 10.4 Å². The fourth-order valence-electron chi connectivity index (χ4n) is 4.37.